The molecule has 0 aromatic heterocycles. The molecule has 11 heteroatoms. The average Bonchev–Trinajstić information content (AvgIpc) is 3.43. The first kappa shape index (κ1) is 27.9. The number of carbonyl (C=O) groups is 1. The number of sulfonamides is 1. The fourth-order valence-electron chi connectivity index (χ4n) is 4.36. The number of hydrogen-bond acceptors (Lipinski definition) is 5. The topological polar surface area (TPSA) is 135 Å². The van der Waals surface area contributed by atoms with Crippen LogP contribution in [0.2, 0.25) is 5.02 Å². The van der Waals surface area contributed by atoms with E-state index in [4.69, 9.17) is 22.1 Å². The maximum absolute atomic E-state index is 12.8. The smallest absolute Gasteiger partial charge is 0.335 e. The Morgan fingerprint density at radius 3 is 2.39 bits per heavy atom. The maximum Gasteiger partial charge on any atom is 0.335 e. The number of benzene rings is 4. The van der Waals surface area contributed by atoms with Crippen LogP contribution >= 0.6 is 11.6 Å². The molecule has 41 heavy (non-hydrogen) atoms. The van der Waals surface area contributed by atoms with Crippen molar-refractivity contribution >= 4 is 39.3 Å². The normalized spacial score (nSPS) is 15.4. The second kappa shape index (κ2) is 11.8. The molecule has 0 saturated carbocycles. The number of nitrogens with zero attached hydrogens (tertiary/aromatic N) is 3. The minimum Gasteiger partial charge on any atom is -0.489 e. The molecule has 0 amide bonds. The molecule has 5 rings (SSSR count). The Bertz CT molecular complexity index is 1730. The molecule has 208 valence electrons. The molecule has 1 aliphatic rings. The highest BCUT2D eigenvalue weighted by atomic mass is 35.5. The number of halogens is 1. The average molecular weight is 589 g/mol. The van der Waals surface area contributed by atoms with Crippen molar-refractivity contribution in [3.05, 3.63) is 130 Å². The Hall–Kier alpha value is -4.67. The van der Waals surface area contributed by atoms with Gasteiger partial charge in [0.2, 0.25) is 5.96 Å². The van der Waals surface area contributed by atoms with Gasteiger partial charge in [0.05, 0.1) is 22.7 Å². The lowest BCUT2D eigenvalue weighted by Gasteiger charge is -2.16. The van der Waals surface area contributed by atoms with E-state index in [1.54, 1.807) is 30.3 Å². The van der Waals surface area contributed by atoms with Gasteiger partial charge in [-0.05, 0) is 77.4 Å². The molecule has 0 saturated heterocycles. The summed E-state index contributed by atoms with van der Waals surface area (Å²) in [5.41, 5.74) is 9.58. The summed E-state index contributed by atoms with van der Waals surface area (Å²) >= 11 is 5.88. The van der Waals surface area contributed by atoms with Crippen LogP contribution in [0.4, 0.5) is 0 Å². The number of aromatic carboxylic acids is 1. The maximum atomic E-state index is 12.8. The quantitative estimate of drug-likeness (QED) is 0.215. The van der Waals surface area contributed by atoms with Crippen LogP contribution in [0.3, 0.4) is 0 Å². The molecule has 1 heterocycles. The van der Waals surface area contributed by atoms with Crippen LogP contribution in [0.1, 0.15) is 33.0 Å². The Labute approximate surface area is 242 Å². The second-order valence-corrected chi connectivity index (χ2v) is 11.3. The van der Waals surface area contributed by atoms with Gasteiger partial charge in [-0.15, -0.1) is 4.40 Å². The van der Waals surface area contributed by atoms with Gasteiger partial charge < -0.3 is 15.6 Å². The molecule has 9 nitrogen and oxygen atoms in total. The van der Waals surface area contributed by atoms with Crippen molar-refractivity contribution < 1.29 is 23.1 Å². The van der Waals surface area contributed by atoms with E-state index in [1.165, 1.54) is 35.3 Å². The van der Waals surface area contributed by atoms with Gasteiger partial charge in [-0.3, -0.25) is 0 Å². The largest absolute Gasteiger partial charge is 0.489 e. The molecule has 4 aromatic rings. The first-order valence-electron chi connectivity index (χ1n) is 12.5. The Balaban J connectivity index is 1.38. The lowest BCUT2D eigenvalue weighted by atomic mass is 9.90. The van der Waals surface area contributed by atoms with E-state index in [0.29, 0.717) is 23.0 Å². The van der Waals surface area contributed by atoms with Crippen LogP contribution in [0.25, 0.3) is 0 Å². The van der Waals surface area contributed by atoms with Crippen molar-refractivity contribution in [2.75, 3.05) is 6.54 Å². The van der Waals surface area contributed by atoms with Crippen LogP contribution < -0.4 is 10.5 Å². The van der Waals surface area contributed by atoms with Gasteiger partial charge in [-0.1, -0.05) is 54.1 Å². The molecule has 3 N–H and O–H groups in total. The number of nitrogens with two attached hydrogens (primary N) is 1. The highest BCUT2D eigenvalue weighted by molar-refractivity contribution is 7.90. The zero-order valence-electron chi connectivity index (χ0n) is 21.6. The predicted molar refractivity (Wildman–Crippen MR) is 157 cm³/mol. The van der Waals surface area contributed by atoms with Gasteiger partial charge in [0.1, 0.15) is 12.4 Å². The molecule has 1 unspecified atom stereocenters. The molecule has 0 bridgehead atoms. The summed E-state index contributed by atoms with van der Waals surface area (Å²) in [5, 5.41) is 15.7. The lowest BCUT2D eigenvalue weighted by molar-refractivity contribution is 0.0696. The molecule has 0 aliphatic carbocycles. The van der Waals surface area contributed by atoms with Crippen molar-refractivity contribution in [2.24, 2.45) is 15.2 Å². The SMILES string of the molecule is N/C(=N\S(=O)(=O)c1ccc(Cl)cc1)N1CC(c2ccccc2)C(c2ccc(OCc3cccc(C(=O)O)c3)cc2)=N1. The Morgan fingerprint density at radius 2 is 1.71 bits per heavy atom. The van der Waals surface area contributed by atoms with Crippen LogP contribution in [0.15, 0.2) is 118 Å². The van der Waals surface area contributed by atoms with Crippen LogP contribution in [0.5, 0.6) is 5.75 Å². The standard InChI is InChI=1S/C30H25ClN4O5S/c31-24-11-15-26(16-12-24)41(38,39)34-30(32)35-18-27(21-6-2-1-3-7-21)28(33-35)22-9-13-25(14-10-22)40-19-20-5-4-8-23(17-20)29(36)37/h1-17,27H,18-19H2,(H2,32,34)(H,36,37). The number of guanidine groups is 1. The third-order valence-corrected chi connectivity index (χ3v) is 7.98. The van der Waals surface area contributed by atoms with Crippen molar-refractivity contribution in [2.45, 2.75) is 17.4 Å². The van der Waals surface area contributed by atoms with Gasteiger partial charge in [0, 0.05) is 10.9 Å². The zero-order valence-corrected chi connectivity index (χ0v) is 23.2. The number of ether oxygens (including phenoxy) is 1. The number of rotatable bonds is 8. The van der Waals surface area contributed by atoms with Gasteiger partial charge in [-0.2, -0.15) is 13.5 Å². The van der Waals surface area contributed by atoms with Crippen LogP contribution in [-0.2, 0) is 16.6 Å². The van der Waals surface area contributed by atoms with Crippen molar-refractivity contribution in [3.8, 4) is 5.75 Å². The van der Waals surface area contributed by atoms with Crippen LogP contribution in [0, 0.1) is 0 Å². The van der Waals surface area contributed by atoms with Gasteiger partial charge >= 0.3 is 5.97 Å². The minimum absolute atomic E-state index is 0.0295. The van der Waals surface area contributed by atoms with Crippen molar-refractivity contribution in [3.63, 3.8) is 0 Å². The predicted octanol–water partition coefficient (Wildman–Crippen LogP) is 5.12. The molecule has 4 aromatic carbocycles. The monoisotopic (exact) mass is 588 g/mol. The summed E-state index contributed by atoms with van der Waals surface area (Å²) in [6.07, 6.45) is 0. The van der Waals surface area contributed by atoms with E-state index in [0.717, 1.165) is 16.7 Å². The summed E-state index contributed by atoms with van der Waals surface area (Å²) in [4.78, 5) is 11.2. The van der Waals surface area contributed by atoms with Gasteiger partial charge in [0.25, 0.3) is 10.0 Å². The molecule has 0 radical (unpaired) electrons. The van der Waals surface area contributed by atoms with Gasteiger partial charge in [0.15, 0.2) is 0 Å². The second-order valence-electron chi connectivity index (χ2n) is 9.23. The van der Waals surface area contributed by atoms with E-state index in [1.807, 2.05) is 42.5 Å². The number of carboxylic acid groups (broad SMARTS) is 1. The van der Waals surface area contributed by atoms with E-state index < -0.39 is 16.0 Å². The summed E-state index contributed by atoms with van der Waals surface area (Å²) in [7, 11) is -4.08. The third kappa shape index (κ3) is 6.56. The molecular formula is C30H25ClN4O5S. The van der Waals surface area contributed by atoms with Gasteiger partial charge in [-0.25, -0.2) is 9.80 Å². The van der Waals surface area contributed by atoms with Crippen molar-refractivity contribution in [1.82, 2.24) is 5.01 Å². The Morgan fingerprint density at radius 1 is 1.00 bits per heavy atom. The molecular weight excluding hydrogens is 564 g/mol. The summed E-state index contributed by atoms with van der Waals surface area (Å²) in [5.74, 6) is -0.853. The fourth-order valence-corrected chi connectivity index (χ4v) is 5.42. The van der Waals surface area contributed by atoms with E-state index in [-0.39, 0.29) is 28.9 Å². The summed E-state index contributed by atoms with van der Waals surface area (Å²) in [6.45, 7) is 0.500. The fraction of sp³-hybridized carbons (Fsp3) is 0.100. The Kier molecular flexibility index (Phi) is 8.04. The number of hydrogen-bond donors (Lipinski definition) is 2. The molecule has 1 aliphatic heterocycles. The number of carboxylic acids is 1. The zero-order chi connectivity index (χ0) is 29.0. The molecule has 0 spiro atoms. The van der Waals surface area contributed by atoms with E-state index >= 15 is 0 Å². The first-order chi connectivity index (χ1) is 19.7. The first-order valence-corrected chi connectivity index (χ1v) is 14.3. The molecule has 0 fully saturated rings. The summed E-state index contributed by atoms with van der Waals surface area (Å²) in [6, 6.07) is 29.3. The van der Waals surface area contributed by atoms with E-state index in [9.17, 15) is 18.3 Å². The minimum atomic E-state index is -4.08. The van der Waals surface area contributed by atoms with Crippen LogP contribution in [-0.4, -0.2) is 42.7 Å². The van der Waals surface area contributed by atoms with Crippen molar-refractivity contribution in [1.29, 1.82) is 0 Å². The third-order valence-electron chi connectivity index (χ3n) is 6.44. The highest BCUT2D eigenvalue weighted by Crippen LogP contribution is 2.30. The number of hydrazone groups is 1. The molecule has 1 atom stereocenters. The van der Waals surface area contributed by atoms with E-state index in [2.05, 4.69) is 9.50 Å². The highest BCUT2D eigenvalue weighted by Gasteiger charge is 2.31. The summed E-state index contributed by atoms with van der Waals surface area (Å²) < 4.78 is 35.4. The lowest BCUT2D eigenvalue weighted by Crippen LogP contribution is -2.33.